The third-order valence-electron chi connectivity index (χ3n) is 3.35. The molecule has 1 aromatic carbocycles. The summed E-state index contributed by atoms with van der Waals surface area (Å²) in [5, 5.41) is 1.47. The van der Waals surface area contributed by atoms with Crippen molar-refractivity contribution in [2.24, 2.45) is 0 Å². The Hall–Kier alpha value is -2.10. The van der Waals surface area contributed by atoms with Crippen LogP contribution in [0.1, 0.15) is 35.9 Å². The fourth-order valence-corrected chi connectivity index (χ4v) is 2.34. The lowest BCUT2D eigenvalue weighted by atomic mass is 10.1. The predicted octanol–water partition coefficient (Wildman–Crippen LogP) is 2.59. The SMILES string of the molecule is Cc1ccc2cc(C(=O)N(C)C)n(C(C)C)c(=O)c2c1. The van der Waals surface area contributed by atoms with Crippen molar-refractivity contribution in [3.8, 4) is 0 Å². The van der Waals surface area contributed by atoms with Crippen LogP contribution in [0.15, 0.2) is 29.1 Å². The monoisotopic (exact) mass is 272 g/mol. The van der Waals surface area contributed by atoms with Gasteiger partial charge in [0.1, 0.15) is 5.69 Å². The standard InChI is InChI=1S/C16H20N2O2/c1-10(2)18-14(16(20)17(4)5)9-12-7-6-11(3)8-13(12)15(18)19/h6-10H,1-5H3. The predicted molar refractivity (Wildman–Crippen MR) is 81.3 cm³/mol. The number of nitrogens with zero attached hydrogens (tertiary/aromatic N) is 2. The lowest BCUT2D eigenvalue weighted by molar-refractivity contribution is 0.0814. The summed E-state index contributed by atoms with van der Waals surface area (Å²) >= 11 is 0. The fourth-order valence-electron chi connectivity index (χ4n) is 2.34. The summed E-state index contributed by atoms with van der Waals surface area (Å²) in [5.74, 6) is -0.154. The van der Waals surface area contributed by atoms with Gasteiger partial charge in [-0.05, 0) is 38.3 Å². The first-order valence-electron chi connectivity index (χ1n) is 6.70. The Labute approximate surface area is 118 Å². The van der Waals surface area contributed by atoms with E-state index in [9.17, 15) is 9.59 Å². The van der Waals surface area contributed by atoms with Gasteiger partial charge in [0.2, 0.25) is 0 Å². The van der Waals surface area contributed by atoms with E-state index in [0.29, 0.717) is 11.1 Å². The minimum absolute atomic E-state index is 0.0636. The number of pyridine rings is 1. The molecule has 0 fully saturated rings. The smallest absolute Gasteiger partial charge is 0.270 e. The zero-order chi connectivity index (χ0) is 15.0. The van der Waals surface area contributed by atoms with Crippen molar-refractivity contribution in [1.29, 1.82) is 0 Å². The molecule has 1 amide bonds. The largest absolute Gasteiger partial charge is 0.343 e. The lowest BCUT2D eigenvalue weighted by Crippen LogP contribution is -2.32. The number of fused-ring (bicyclic) bond motifs is 1. The number of carbonyl (C=O) groups is 1. The Morgan fingerprint density at radius 3 is 2.40 bits per heavy atom. The third-order valence-corrected chi connectivity index (χ3v) is 3.35. The molecule has 0 atom stereocenters. The molecule has 0 aliphatic carbocycles. The quantitative estimate of drug-likeness (QED) is 0.843. The molecule has 0 aliphatic heterocycles. The van der Waals surface area contributed by atoms with Gasteiger partial charge >= 0.3 is 0 Å². The Balaban J connectivity index is 2.88. The highest BCUT2D eigenvalue weighted by Crippen LogP contribution is 2.17. The number of benzene rings is 1. The van der Waals surface area contributed by atoms with Gasteiger partial charge in [-0.15, -0.1) is 0 Å². The van der Waals surface area contributed by atoms with Gasteiger partial charge in [0.25, 0.3) is 11.5 Å². The number of hydrogen-bond acceptors (Lipinski definition) is 2. The number of hydrogen-bond donors (Lipinski definition) is 0. The summed E-state index contributed by atoms with van der Waals surface area (Å²) in [5.41, 5.74) is 1.37. The highest BCUT2D eigenvalue weighted by Gasteiger charge is 2.18. The molecule has 0 spiro atoms. The molecule has 0 saturated heterocycles. The molecule has 106 valence electrons. The molecule has 0 aliphatic rings. The van der Waals surface area contributed by atoms with Crippen molar-refractivity contribution in [1.82, 2.24) is 9.47 Å². The van der Waals surface area contributed by atoms with Gasteiger partial charge in [-0.1, -0.05) is 17.7 Å². The van der Waals surface area contributed by atoms with Crippen LogP contribution in [-0.4, -0.2) is 29.5 Å². The van der Waals surface area contributed by atoms with Gasteiger partial charge in [-0.3, -0.25) is 9.59 Å². The van der Waals surface area contributed by atoms with Crippen LogP contribution in [0, 0.1) is 6.92 Å². The van der Waals surface area contributed by atoms with E-state index in [0.717, 1.165) is 10.9 Å². The molecule has 0 N–H and O–H groups in total. The highest BCUT2D eigenvalue weighted by atomic mass is 16.2. The minimum Gasteiger partial charge on any atom is -0.343 e. The normalized spacial score (nSPS) is 11.1. The summed E-state index contributed by atoms with van der Waals surface area (Å²) in [4.78, 5) is 26.5. The summed E-state index contributed by atoms with van der Waals surface area (Å²) in [7, 11) is 3.38. The van der Waals surface area contributed by atoms with Gasteiger partial charge in [0, 0.05) is 25.5 Å². The van der Waals surface area contributed by atoms with Crippen molar-refractivity contribution in [2.75, 3.05) is 14.1 Å². The van der Waals surface area contributed by atoms with E-state index in [1.807, 2.05) is 39.0 Å². The zero-order valence-corrected chi connectivity index (χ0v) is 12.6. The maximum atomic E-state index is 12.7. The van der Waals surface area contributed by atoms with Crippen molar-refractivity contribution in [3.63, 3.8) is 0 Å². The van der Waals surface area contributed by atoms with Crippen molar-refractivity contribution >= 4 is 16.7 Å². The Kier molecular flexibility index (Phi) is 3.66. The van der Waals surface area contributed by atoms with Crippen molar-refractivity contribution in [3.05, 3.63) is 45.9 Å². The van der Waals surface area contributed by atoms with Crippen LogP contribution in [0.3, 0.4) is 0 Å². The third kappa shape index (κ3) is 2.33. The molecule has 2 rings (SSSR count). The fraction of sp³-hybridized carbons (Fsp3) is 0.375. The Morgan fingerprint density at radius 2 is 1.85 bits per heavy atom. The average molecular weight is 272 g/mol. The molecule has 4 nitrogen and oxygen atoms in total. The van der Waals surface area contributed by atoms with Gasteiger partial charge < -0.3 is 9.47 Å². The number of amides is 1. The van der Waals surface area contributed by atoms with Crippen molar-refractivity contribution < 1.29 is 4.79 Å². The van der Waals surface area contributed by atoms with Gasteiger partial charge in [-0.2, -0.15) is 0 Å². The minimum atomic E-state index is -0.154. The average Bonchev–Trinajstić information content (AvgIpc) is 2.37. The van der Waals surface area contributed by atoms with E-state index >= 15 is 0 Å². The first kappa shape index (κ1) is 14.3. The maximum Gasteiger partial charge on any atom is 0.270 e. The maximum absolute atomic E-state index is 12.7. The second-order valence-corrected chi connectivity index (χ2v) is 5.59. The molecule has 1 aromatic heterocycles. The molecule has 2 aromatic rings. The molecular weight excluding hydrogens is 252 g/mol. The Bertz CT molecular complexity index is 727. The summed E-state index contributed by atoms with van der Waals surface area (Å²) in [6.45, 7) is 5.78. The van der Waals surface area contributed by atoms with Crippen LogP contribution in [0.4, 0.5) is 0 Å². The number of rotatable bonds is 2. The van der Waals surface area contributed by atoms with Gasteiger partial charge in [0.05, 0.1) is 0 Å². The van der Waals surface area contributed by atoms with E-state index in [2.05, 4.69) is 0 Å². The topological polar surface area (TPSA) is 42.3 Å². The molecular formula is C16H20N2O2. The van der Waals surface area contributed by atoms with Crippen LogP contribution in [0.5, 0.6) is 0 Å². The van der Waals surface area contributed by atoms with E-state index in [1.165, 1.54) is 4.90 Å². The molecule has 1 heterocycles. The first-order chi connectivity index (χ1) is 9.32. The van der Waals surface area contributed by atoms with E-state index in [-0.39, 0.29) is 17.5 Å². The van der Waals surface area contributed by atoms with Crippen LogP contribution >= 0.6 is 0 Å². The van der Waals surface area contributed by atoms with Crippen molar-refractivity contribution in [2.45, 2.75) is 26.8 Å². The molecule has 0 unspecified atom stereocenters. The first-order valence-corrected chi connectivity index (χ1v) is 6.70. The molecule has 0 bridgehead atoms. The van der Waals surface area contributed by atoms with E-state index in [4.69, 9.17) is 0 Å². The summed E-state index contributed by atoms with van der Waals surface area (Å²) < 4.78 is 1.57. The van der Waals surface area contributed by atoms with Crippen LogP contribution < -0.4 is 5.56 Å². The van der Waals surface area contributed by atoms with Gasteiger partial charge in [0.15, 0.2) is 0 Å². The number of aromatic nitrogens is 1. The van der Waals surface area contributed by atoms with Gasteiger partial charge in [-0.25, -0.2) is 0 Å². The number of carbonyl (C=O) groups excluding carboxylic acids is 1. The van der Waals surface area contributed by atoms with Crippen LogP contribution in [-0.2, 0) is 0 Å². The van der Waals surface area contributed by atoms with Crippen LogP contribution in [0.25, 0.3) is 10.8 Å². The second-order valence-electron chi connectivity index (χ2n) is 5.59. The van der Waals surface area contributed by atoms with Crippen LogP contribution in [0.2, 0.25) is 0 Å². The van der Waals surface area contributed by atoms with E-state index in [1.54, 1.807) is 24.7 Å². The van der Waals surface area contributed by atoms with E-state index < -0.39 is 0 Å². The summed E-state index contributed by atoms with van der Waals surface area (Å²) in [6, 6.07) is 7.46. The zero-order valence-electron chi connectivity index (χ0n) is 12.6. The molecule has 20 heavy (non-hydrogen) atoms. The molecule has 0 saturated carbocycles. The molecule has 0 radical (unpaired) electrons. The Morgan fingerprint density at radius 1 is 1.20 bits per heavy atom. The summed E-state index contributed by atoms with van der Waals surface area (Å²) in [6.07, 6.45) is 0. The highest BCUT2D eigenvalue weighted by molar-refractivity contribution is 5.96. The number of aryl methyl sites for hydroxylation is 1. The lowest BCUT2D eigenvalue weighted by Gasteiger charge is -2.19. The molecule has 4 heteroatoms. The second kappa shape index (κ2) is 5.12.